The minimum absolute atomic E-state index is 0.0122. The van der Waals surface area contributed by atoms with Gasteiger partial charge in [0.2, 0.25) is 5.91 Å². The van der Waals surface area contributed by atoms with Gasteiger partial charge in [-0.15, -0.1) is 0 Å². The number of hydrogen-bond acceptors (Lipinski definition) is 4. The molecular weight excluding hydrogens is 438 g/mol. The average Bonchev–Trinajstić information content (AvgIpc) is 3.47. The molecule has 4 atom stereocenters. The zero-order valence-corrected chi connectivity index (χ0v) is 20.1. The van der Waals surface area contributed by atoms with Gasteiger partial charge in [-0.1, -0.05) is 30.7 Å². The highest BCUT2D eigenvalue weighted by Crippen LogP contribution is 2.47. The van der Waals surface area contributed by atoms with E-state index in [0.717, 1.165) is 18.4 Å². The molecule has 1 aromatic carbocycles. The van der Waals surface area contributed by atoms with Gasteiger partial charge >= 0.3 is 5.97 Å². The molecule has 2 fully saturated rings. The summed E-state index contributed by atoms with van der Waals surface area (Å²) in [5.41, 5.74) is 0.901. The second-order valence-corrected chi connectivity index (χ2v) is 13.3. The molecule has 1 aromatic rings. The Morgan fingerprint density at radius 2 is 1.81 bits per heavy atom. The van der Waals surface area contributed by atoms with Crippen molar-refractivity contribution in [1.82, 2.24) is 4.90 Å². The molecule has 2 aliphatic rings. The molecule has 3 rings (SSSR count). The minimum atomic E-state index is -3.48. The van der Waals surface area contributed by atoms with Crippen LogP contribution in [0.15, 0.2) is 24.3 Å². The van der Waals surface area contributed by atoms with Crippen LogP contribution in [0, 0.1) is 17.8 Å². The first kappa shape index (κ1) is 24.1. The Morgan fingerprint density at radius 1 is 1.23 bits per heavy atom. The fraction of sp³-hybridized carbons (Fsp3) is 0.652. The molecule has 1 amide bonds. The van der Waals surface area contributed by atoms with Gasteiger partial charge in [0.25, 0.3) is 0 Å². The Bertz CT molecular complexity index is 934. The fourth-order valence-electron chi connectivity index (χ4n) is 4.60. The van der Waals surface area contributed by atoms with Crippen LogP contribution < -0.4 is 0 Å². The van der Waals surface area contributed by atoms with E-state index in [1.807, 2.05) is 19.1 Å². The highest BCUT2D eigenvalue weighted by molar-refractivity contribution is 7.92. The fourth-order valence-corrected chi connectivity index (χ4v) is 6.11. The molecule has 1 aliphatic heterocycles. The quantitative estimate of drug-likeness (QED) is 0.641. The summed E-state index contributed by atoms with van der Waals surface area (Å²) in [4.78, 5) is 26.7. The molecule has 0 radical (unpaired) electrons. The largest absolute Gasteiger partial charge is 0.481 e. The Labute approximate surface area is 189 Å². The first-order valence-corrected chi connectivity index (χ1v) is 12.9. The number of aliphatic carboxylic acids is 1. The molecule has 1 saturated heterocycles. The lowest BCUT2D eigenvalue weighted by Gasteiger charge is -2.47. The van der Waals surface area contributed by atoms with Gasteiger partial charge in [0.05, 0.1) is 23.0 Å². The highest BCUT2D eigenvalue weighted by atomic mass is 35.5. The number of carboxylic acids is 1. The molecule has 1 aliphatic carbocycles. The van der Waals surface area contributed by atoms with Crippen LogP contribution >= 0.6 is 11.6 Å². The lowest BCUT2D eigenvalue weighted by atomic mass is 9.78. The number of likely N-dealkylation sites (tertiary alicyclic amines) is 1. The third kappa shape index (κ3) is 5.25. The van der Waals surface area contributed by atoms with Crippen LogP contribution in [0.5, 0.6) is 0 Å². The van der Waals surface area contributed by atoms with Crippen molar-refractivity contribution in [3.63, 3.8) is 0 Å². The summed E-state index contributed by atoms with van der Waals surface area (Å²) in [6, 6.07) is 6.53. The van der Waals surface area contributed by atoms with Gasteiger partial charge in [-0.05, 0) is 69.6 Å². The number of sulfone groups is 1. The maximum Gasteiger partial charge on any atom is 0.304 e. The Hall–Kier alpha value is -1.60. The molecule has 1 heterocycles. The number of carbonyl (C=O) groups is 2. The average molecular weight is 470 g/mol. The van der Waals surface area contributed by atoms with Crippen LogP contribution in [-0.2, 0) is 19.4 Å². The predicted molar refractivity (Wildman–Crippen MR) is 121 cm³/mol. The number of rotatable bonds is 7. The molecule has 31 heavy (non-hydrogen) atoms. The summed E-state index contributed by atoms with van der Waals surface area (Å²) in [6.07, 6.45) is 1.97. The van der Waals surface area contributed by atoms with Crippen LogP contribution in [0.25, 0.3) is 0 Å². The SMILES string of the molecule is C[C@H]1C[C@H](CC(=O)O)C(=O)N(C(CS(=O)(=O)C(C)(C)C)C2CC2)[C@@H]1c1ccc(Cl)cc1. The maximum atomic E-state index is 13.6. The first-order chi connectivity index (χ1) is 14.3. The summed E-state index contributed by atoms with van der Waals surface area (Å²) >= 11 is 6.07. The molecular formula is C23H32ClNO5S. The van der Waals surface area contributed by atoms with Gasteiger partial charge in [-0.2, -0.15) is 0 Å². The third-order valence-electron chi connectivity index (χ3n) is 6.58. The molecule has 0 spiro atoms. The summed E-state index contributed by atoms with van der Waals surface area (Å²) in [6.45, 7) is 7.04. The van der Waals surface area contributed by atoms with Crippen molar-refractivity contribution in [2.45, 2.75) is 70.2 Å². The number of nitrogens with zero attached hydrogens (tertiary/aromatic N) is 1. The standard InChI is InChI=1S/C23H32ClNO5S/c1-14-11-17(12-20(26)27)22(28)25(21(14)16-7-9-18(24)10-8-16)19(15-5-6-15)13-31(29,30)23(2,3)4/h7-10,14-15,17,19,21H,5-6,11-13H2,1-4H3,(H,26,27)/t14-,17+,19?,21-/m0/s1. The van der Waals surface area contributed by atoms with E-state index in [0.29, 0.717) is 11.4 Å². The molecule has 0 bridgehead atoms. The number of carbonyl (C=O) groups excluding carboxylic acids is 1. The number of halogens is 1. The molecule has 1 saturated carbocycles. The zero-order valence-electron chi connectivity index (χ0n) is 18.5. The zero-order chi connectivity index (χ0) is 23.1. The molecule has 172 valence electrons. The summed E-state index contributed by atoms with van der Waals surface area (Å²) in [7, 11) is -3.48. The van der Waals surface area contributed by atoms with Crippen molar-refractivity contribution < 1.29 is 23.1 Å². The van der Waals surface area contributed by atoms with E-state index in [1.165, 1.54) is 0 Å². The van der Waals surface area contributed by atoms with Crippen molar-refractivity contribution in [3.8, 4) is 0 Å². The van der Waals surface area contributed by atoms with E-state index in [1.54, 1.807) is 37.8 Å². The molecule has 1 N–H and O–H groups in total. The van der Waals surface area contributed by atoms with Gasteiger partial charge in [0, 0.05) is 17.0 Å². The Kier molecular flexibility index (Phi) is 6.78. The normalized spacial score (nSPS) is 26.0. The van der Waals surface area contributed by atoms with Gasteiger partial charge in [-0.3, -0.25) is 9.59 Å². The molecule has 0 aromatic heterocycles. The Morgan fingerprint density at radius 3 is 2.29 bits per heavy atom. The number of carboxylic acid groups (broad SMARTS) is 1. The molecule has 1 unspecified atom stereocenters. The van der Waals surface area contributed by atoms with Crippen LogP contribution in [0.3, 0.4) is 0 Å². The number of piperidine rings is 1. The summed E-state index contributed by atoms with van der Waals surface area (Å²) in [5.74, 6) is -1.91. The second-order valence-electron chi connectivity index (χ2n) is 10.0. The smallest absolute Gasteiger partial charge is 0.304 e. The number of hydrogen-bond donors (Lipinski definition) is 1. The second kappa shape index (κ2) is 8.74. The van der Waals surface area contributed by atoms with E-state index >= 15 is 0 Å². The lowest BCUT2D eigenvalue weighted by molar-refractivity contribution is -0.153. The molecule has 8 heteroatoms. The number of amides is 1. The highest BCUT2D eigenvalue weighted by Gasteiger charge is 2.50. The third-order valence-corrected chi connectivity index (χ3v) is 9.48. The van der Waals surface area contributed by atoms with Crippen LogP contribution in [-0.4, -0.2) is 46.8 Å². The molecule has 6 nitrogen and oxygen atoms in total. The Balaban J connectivity index is 2.06. The van der Waals surface area contributed by atoms with E-state index in [4.69, 9.17) is 11.6 Å². The predicted octanol–water partition coefficient (Wildman–Crippen LogP) is 4.33. The van der Waals surface area contributed by atoms with E-state index < -0.39 is 32.5 Å². The van der Waals surface area contributed by atoms with Crippen molar-refractivity contribution in [2.75, 3.05) is 5.75 Å². The van der Waals surface area contributed by atoms with E-state index in [2.05, 4.69) is 0 Å². The number of benzene rings is 1. The van der Waals surface area contributed by atoms with Gasteiger partial charge < -0.3 is 10.0 Å². The van der Waals surface area contributed by atoms with Crippen LogP contribution in [0.1, 0.15) is 65.0 Å². The van der Waals surface area contributed by atoms with Crippen molar-refractivity contribution >= 4 is 33.3 Å². The first-order valence-electron chi connectivity index (χ1n) is 10.8. The van der Waals surface area contributed by atoms with Gasteiger partial charge in [0.1, 0.15) is 0 Å². The summed E-state index contributed by atoms with van der Waals surface area (Å²) in [5, 5.41) is 9.93. The van der Waals surface area contributed by atoms with Crippen molar-refractivity contribution in [1.29, 1.82) is 0 Å². The van der Waals surface area contributed by atoms with Gasteiger partial charge in [-0.25, -0.2) is 8.42 Å². The van der Waals surface area contributed by atoms with E-state index in [-0.39, 0.29) is 36.0 Å². The monoisotopic (exact) mass is 469 g/mol. The van der Waals surface area contributed by atoms with Gasteiger partial charge in [0.15, 0.2) is 9.84 Å². The van der Waals surface area contributed by atoms with Crippen LogP contribution in [0.2, 0.25) is 5.02 Å². The minimum Gasteiger partial charge on any atom is -0.481 e. The van der Waals surface area contributed by atoms with E-state index in [9.17, 15) is 23.1 Å². The van der Waals surface area contributed by atoms with Crippen molar-refractivity contribution in [2.24, 2.45) is 17.8 Å². The van der Waals surface area contributed by atoms with Crippen molar-refractivity contribution in [3.05, 3.63) is 34.9 Å². The lowest BCUT2D eigenvalue weighted by Crippen LogP contribution is -2.55. The topological polar surface area (TPSA) is 91.8 Å². The maximum absolute atomic E-state index is 13.6. The summed E-state index contributed by atoms with van der Waals surface area (Å²) < 4.78 is 25.3. The van der Waals surface area contributed by atoms with Crippen LogP contribution in [0.4, 0.5) is 0 Å².